The first-order valence-corrected chi connectivity index (χ1v) is 8.16. The Hall–Kier alpha value is -1.82. The van der Waals surface area contributed by atoms with Gasteiger partial charge in [0.05, 0.1) is 0 Å². The predicted molar refractivity (Wildman–Crippen MR) is 85.9 cm³/mol. The molecule has 0 spiro atoms. The minimum absolute atomic E-state index is 0.140. The molecule has 0 aromatic heterocycles. The molecule has 0 amide bonds. The van der Waals surface area contributed by atoms with Crippen LogP contribution in [-0.4, -0.2) is 16.0 Å². The molecule has 1 heteroatoms. The van der Waals surface area contributed by atoms with Crippen LogP contribution >= 0.6 is 0 Å². The summed E-state index contributed by atoms with van der Waals surface area (Å²) in [6, 6.07) is 26.7. The summed E-state index contributed by atoms with van der Waals surface area (Å²) in [4.78, 5) is 0. The first-order chi connectivity index (χ1) is 10.3. The zero-order chi connectivity index (χ0) is 14.0. The Morgan fingerprint density at radius 2 is 0.905 bits per heavy atom. The Kier molecular flexibility index (Phi) is 2.18. The van der Waals surface area contributed by atoms with Crippen LogP contribution in [0.15, 0.2) is 72.8 Å². The standard InChI is InChI=1S/C20H14Se/c21-20-16-10-4-1-7-13(16)19(14-8-2-5-11-17(14)20)15-9-3-6-12-18(15)20/h1-12,19,21H/p-1. The van der Waals surface area contributed by atoms with E-state index in [1.54, 1.807) is 0 Å². The maximum atomic E-state index is 3.55. The van der Waals surface area contributed by atoms with E-state index in [0.717, 1.165) is 0 Å². The van der Waals surface area contributed by atoms with Gasteiger partial charge >= 0.3 is 132 Å². The Morgan fingerprint density at radius 3 is 1.29 bits per heavy atom. The van der Waals surface area contributed by atoms with E-state index in [4.69, 9.17) is 0 Å². The molecule has 0 nitrogen and oxygen atoms in total. The van der Waals surface area contributed by atoms with Gasteiger partial charge in [0.25, 0.3) is 0 Å². The molecule has 0 saturated heterocycles. The van der Waals surface area contributed by atoms with Crippen LogP contribution in [0.5, 0.6) is 0 Å². The van der Waals surface area contributed by atoms with Gasteiger partial charge in [0, 0.05) is 0 Å². The molecule has 0 N–H and O–H groups in total. The van der Waals surface area contributed by atoms with E-state index < -0.39 is 0 Å². The van der Waals surface area contributed by atoms with Crippen molar-refractivity contribution in [1.29, 1.82) is 0 Å². The minimum atomic E-state index is -0.140. The molecule has 0 fully saturated rings. The Bertz CT molecular complexity index is 763. The van der Waals surface area contributed by atoms with Gasteiger partial charge in [-0.15, -0.1) is 0 Å². The number of benzene rings is 3. The zero-order valence-electron chi connectivity index (χ0n) is 11.4. The van der Waals surface area contributed by atoms with Crippen LogP contribution in [0.2, 0.25) is 0 Å². The third kappa shape index (κ3) is 1.27. The summed E-state index contributed by atoms with van der Waals surface area (Å²) in [5.74, 6) is 0.379. The van der Waals surface area contributed by atoms with E-state index in [2.05, 4.69) is 88.8 Å². The summed E-state index contributed by atoms with van der Waals surface area (Å²) in [5, 5.41) is 0. The summed E-state index contributed by atoms with van der Waals surface area (Å²) >= 11 is 3.55. The van der Waals surface area contributed by atoms with Crippen molar-refractivity contribution >= 4 is 16.0 Å². The number of hydrogen-bond acceptors (Lipinski definition) is 0. The van der Waals surface area contributed by atoms with Gasteiger partial charge in [-0.1, -0.05) is 0 Å². The average Bonchev–Trinajstić information content (AvgIpc) is 2.56. The van der Waals surface area contributed by atoms with Crippen molar-refractivity contribution in [1.82, 2.24) is 0 Å². The molecule has 0 heterocycles. The van der Waals surface area contributed by atoms with E-state index in [1.165, 1.54) is 33.4 Å². The maximum absolute atomic E-state index is 3.55. The van der Waals surface area contributed by atoms with Crippen molar-refractivity contribution in [3.05, 3.63) is 106 Å². The second kappa shape index (κ2) is 3.88. The van der Waals surface area contributed by atoms with E-state index in [1.807, 2.05) is 0 Å². The summed E-state index contributed by atoms with van der Waals surface area (Å²) in [5.41, 5.74) is 8.63. The van der Waals surface area contributed by atoms with Gasteiger partial charge in [0.2, 0.25) is 0 Å². The van der Waals surface area contributed by atoms with Crippen molar-refractivity contribution in [2.24, 2.45) is 0 Å². The van der Waals surface area contributed by atoms with E-state index in [9.17, 15) is 0 Å². The van der Waals surface area contributed by atoms with Gasteiger partial charge in [0.15, 0.2) is 0 Å². The van der Waals surface area contributed by atoms with Crippen LogP contribution in [-0.2, 0) is 4.31 Å². The molecule has 0 saturated carbocycles. The monoisotopic (exact) mass is 333 g/mol. The average molecular weight is 332 g/mol. The molecular formula is C20H13Se-. The van der Waals surface area contributed by atoms with E-state index >= 15 is 0 Å². The molecule has 21 heavy (non-hydrogen) atoms. The van der Waals surface area contributed by atoms with Crippen LogP contribution in [0.4, 0.5) is 0 Å². The van der Waals surface area contributed by atoms with Crippen molar-refractivity contribution in [2.75, 3.05) is 0 Å². The van der Waals surface area contributed by atoms with E-state index in [0.29, 0.717) is 5.92 Å². The first kappa shape index (κ1) is 11.8. The van der Waals surface area contributed by atoms with Gasteiger partial charge in [-0.05, 0) is 0 Å². The summed E-state index contributed by atoms with van der Waals surface area (Å²) in [6.07, 6.45) is 0. The third-order valence-electron chi connectivity index (χ3n) is 4.95. The SMILES string of the molecule is [Se-]C12c3ccccc3C(c3ccccc31)c1ccccc12. The van der Waals surface area contributed by atoms with Crippen molar-refractivity contribution in [3.8, 4) is 0 Å². The normalized spacial score (nSPS) is 24.1. The fourth-order valence-electron chi connectivity index (χ4n) is 4.15. The van der Waals surface area contributed by atoms with E-state index in [-0.39, 0.29) is 4.31 Å². The molecule has 3 aromatic carbocycles. The van der Waals surface area contributed by atoms with Crippen molar-refractivity contribution in [2.45, 2.75) is 10.2 Å². The molecule has 3 aromatic rings. The molecule has 0 aliphatic heterocycles. The predicted octanol–water partition coefficient (Wildman–Crippen LogP) is 3.95. The number of hydrogen-bond donors (Lipinski definition) is 0. The number of rotatable bonds is 0. The molecule has 0 unspecified atom stereocenters. The molecule has 6 rings (SSSR count). The van der Waals surface area contributed by atoms with Crippen LogP contribution in [0.1, 0.15) is 39.3 Å². The molecule has 2 bridgehead atoms. The topological polar surface area (TPSA) is 0 Å². The second-order valence-electron chi connectivity index (χ2n) is 5.88. The molecule has 0 atom stereocenters. The fraction of sp³-hybridized carbons (Fsp3) is 0.100. The van der Waals surface area contributed by atoms with Gasteiger partial charge in [-0.3, -0.25) is 0 Å². The summed E-state index contributed by atoms with van der Waals surface area (Å²) < 4.78 is -0.140. The fourth-order valence-corrected chi connectivity index (χ4v) is 5.32. The summed E-state index contributed by atoms with van der Waals surface area (Å²) in [6.45, 7) is 0. The first-order valence-electron chi connectivity index (χ1n) is 7.30. The molecule has 0 radical (unpaired) electrons. The molecule has 100 valence electrons. The quantitative estimate of drug-likeness (QED) is 0.547. The van der Waals surface area contributed by atoms with Gasteiger partial charge in [0.1, 0.15) is 0 Å². The van der Waals surface area contributed by atoms with Gasteiger partial charge in [-0.25, -0.2) is 0 Å². The Balaban J connectivity index is 2.00. The van der Waals surface area contributed by atoms with Crippen LogP contribution in [0, 0.1) is 0 Å². The Labute approximate surface area is 132 Å². The van der Waals surface area contributed by atoms with Gasteiger partial charge in [-0.2, -0.15) is 0 Å². The second-order valence-corrected chi connectivity index (χ2v) is 7.16. The third-order valence-corrected chi connectivity index (χ3v) is 6.34. The van der Waals surface area contributed by atoms with Crippen molar-refractivity contribution in [3.63, 3.8) is 0 Å². The molecule has 3 aliphatic rings. The molecule has 3 aliphatic carbocycles. The molecular weight excluding hydrogens is 319 g/mol. The van der Waals surface area contributed by atoms with Crippen LogP contribution in [0.3, 0.4) is 0 Å². The Morgan fingerprint density at radius 1 is 0.571 bits per heavy atom. The van der Waals surface area contributed by atoms with Crippen LogP contribution < -0.4 is 0 Å². The zero-order valence-corrected chi connectivity index (χ0v) is 13.1. The van der Waals surface area contributed by atoms with Gasteiger partial charge < -0.3 is 0 Å². The summed E-state index contributed by atoms with van der Waals surface area (Å²) in [7, 11) is 0. The van der Waals surface area contributed by atoms with Crippen LogP contribution in [0.25, 0.3) is 0 Å². The van der Waals surface area contributed by atoms with Crippen molar-refractivity contribution < 1.29 is 0 Å².